The minimum atomic E-state index is 0.0972. The highest BCUT2D eigenvalue weighted by molar-refractivity contribution is 5.04. The number of nitrogens with zero attached hydrogens (tertiary/aromatic N) is 2. The third kappa shape index (κ3) is 4.88. The minimum Gasteiger partial charge on any atom is -0.385 e. The van der Waals surface area contributed by atoms with Crippen molar-refractivity contribution in [3.05, 3.63) is 18.2 Å². The van der Waals surface area contributed by atoms with Crippen LogP contribution in [0, 0.1) is 5.92 Å². The molecule has 1 rings (SSSR count). The number of rotatable bonds is 8. The Labute approximate surface area is 104 Å². The van der Waals surface area contributed by atoms with Crippen LogP contribution < -0.4 is 5.73 Å². The molecule has 1 unspecified atom stereocenters. The number of ether oxygens (including phenoxy) is 1. The maximum absolute atomic E-state index is 6.19. The Balaban J connectivity index is 2.47. The molecule has 4 nitrogen and oxygen atoms in total. The second kappa shape index (κ2) is 7.45. The van der Waals surface area contributed by atoms with E-state index in [0.717, 1.165) is 38.1 Å². The summed E-state index contributed by atoms with van der Waals surface area (Å²) in [4.78, 5) is 4.20. The summed E-state index contributed by atoms with van der Waals surface area (Å²) in [5.41, 5.74) is 7.34. The summed E-state index contributed by atoms with van der Waals surface area (Å²) in [6, 6.07) is 0.0972. The van der Waals surface area contributed by atoms with Crippen molar-refractivity contribution in [3.63, 3.8) is 0 Å². The molecule has 0 radical (unpaired) electrons. The van der Waals surface area contributed by atoms with Crippen LogP contribution in [0.15, 0.2) is 12.5 Å². The summed E-state index contributed by atoms with van der Waals surface area (Å²) in [7, 11) is 1.74. The van der Waals surface area contributed by atoms with E-state index in [0.29, 0.717) is 5.92 Å². The fraction of sp³-hybridized carbons (Fsp3) is 0.769. The monoisotopic (exact) mass is 239 g/mol. The number of unbranched alkanes of at least 4 members (excludes halogenated alkanes) is 1. The molecule has 0 spiro atoms. The van der Waals surface area contributed by atoms with Crippen molar-refractivity contribution in [2.24, 2.45) is 11.7 Å². The molecule has 0 bridgehead atoms. The van der Waals surface area contributed by atoms with Crippen LogP contribution in [0.2, 0.25) is 0 Å². The first-order chi connectivity index (χ1) is 8.15. The van der Waals surface area contributed by atoms with E-state index in [-0.39, 0.29) is 6.04 Å². The maximum atomic E-state index is 6.19. The van der Waals surface area contributed by atoms with Crippen molar-refractivity contribution in [3.8, 4) is 0 Å². The van der Waals surface area contributed by atoms with Crippen molar-refractivity contribution in [1.82, 2.24) is 9.55 Å². The van der Waals surface area contributed by atoms with Gasteiger partial charge >= 0.3 is 0 Å². The normalized spacial score (nSPS) is 13.2. The molecule has 0 aliphatic carbocycles. The van der Waals surface area contributed by atoms with Gasteiger partial charge in [0.05, 0.1) is 12.0 Å². The first-order valence-electron chi connectivity index (χ1n) is 6.39. The highest BCUT2D eigenvalue weighted by atomic mass is 16.5. The SMILES string of the molecule is COCCCCn1cncc1C(N)CC(C)C. The molecule has 0 amide bonds. The largest absolute Gasteiger partial charge is 0.385 e. The van der Waals surface area contributed by atoms with Crippen LogP contribution in [0.4, 0.5) is 0 Å². The van der Waals surface area contributed by atoms with Gasteiger partial charge in [0.1, 0.15) is 0 Å². The molecule has 2 N–H and O–H groups in total. The smallest absolute Gasteiger partial charge is 0.0948 e. The molecule has 0 saturated carbocycles. The lowest BCUT2D eigenvalue weighted by molar-refractivity contribution is 0.191. The van der Waals surface area contributed by atoms with Crippen LogP contribution in [0.1, 0.15) is 44.8 Å². The molecule has 17 heavy (non-hydrogen) atoms. The van der Waals surface area contributed by atoms with Gasteiger partial charge in [-0.15, -0.1) is 0 Å². The summed E-state index contributed by atoms with van der Waals surface area (Å²) >= 11 is 0. The Hall–Kier alpha value is -0.870. The molecular formula is C13H25N3O. The summed E-state index contributed by atoms with van der Waals surface area (Å²) < 4.78 is 7.21. The Morgan fingerprint density at radius 1 is 1.41 bits per heavy atom. The van der Waals surface area contributed by atoms with Gasteiger partial charge in [0.25, 0.3) is 0 Å². The molecule has 0 saturated heterocycles. The molecule has 4 heteroatoms. The average molecular weight is 239 g/mol. The quantitative estimate of drug-likeness (QED) is 0.708. The van der Waals surface area contributed by atoms with Gasteiger partial charge in [-0.3, -0.25) is 0 Å². The summed E-state index contributed by atoms with van der Waals surface area (Å²) in [6.45, 7) is 6.19. The maximum Gasteiger partial charge on any atom is 0.0948 e. The molecule has 0 fully saturated rings. The van der Waals surface area contributed by atoms with E-state index >= 15 is 0 Å². The molecule has 1 heterocycles. The van der Waals surface area contributed by atoms with Crippen molar-refractivity contribution in [2.45, 2.75) is 45.7 Å². The first kappa shape index (κ1) is 14.2. The number of aryl methyl sites for hydroxylation is 1. The standard InChI is InChI=1S/C13H25N3O/c1-11(2)8-12(14)13-9-15-10-16(13)6-4-5-7-17-3/h9-12H,4-8,14H2,1-3H3. The van der Waals surface area contributed by atoms with Crippen molar-refractivity contribution in [2.75, 3.05) is 13.7 Å². The van der Waals surface area contributed by atoms with Gasteiger partial charge in [-0.2, -0.15) is 0 Å². The summed E-state index contributed by atoms with van der Waals surface area (Å²) in [5.74, 6) is 0.613. The van der Waals surface area contributed by atoms with Gasteiger partial charge in [0.15, 0.2) is 0 Å². The van der Waals surface area contributed by atoms with Gasteiger partial charge in [0.2, 0.25) is 0 Å². The van der Waals surface area contributed by atoms with Gasteiger partial charge < -0.3 is 15.0 Å². The minimum absolute atomic E-state index is 0.0972. The van der Waals surface area contributed by atoms with Crippen LogP contribution in [0.5, 0.6) is 0 Å². The zero-order valence-electron chi connectivity index (χ0n) is 11.2. The number of imidazole rings is 1. The number of aromatic nitrogens is 2. The third-order valence-electron chi connectivity index (χ3n) is 2.85. The van der Waals surface area contributed by atoms with Crippen LogP contribution in [-0.4, -0.2) is 23.3 Å². The third-order valence-corrected chi connectivity index (χ3v) is 2.85. The van der Waals surface area contributed by atoms with Crippen molar-refractivity contribution in [1.29, 1.82) is 0 Å². The Bertz CT molecular complexity index is 309. The van der Waals surface area contributed by atoms with Crippen LogP contribution in [0.25, 0.3) is 0 Å². The van der Waals surface area contributed by atoms with E-state index in [1.165, 1.54) is 0 Å². The lowest BCUT2D eigenvalue weighted by Gasteiger charge is -2.16. The van der Waals surface area contributed by atoms with Crippen molar-refractivity contribution < 1.29 is 4.74 Å². The molecule has 1 atom stereocenters. The molecule has 98 valence electrons. The zero-order chi connectivity index (χ0) is 12.7. The molecule has 1 aromatic heterocycles. The van der Waals surface area contributed by atoms with Crippen LogP contribution in [-0.2, 0) is 11.3 Å². The highest BCUT2D eigenvalue weighted by Crippen LogP contribution is 2.18. The van der Waals surface area contributed by atoms with E-state index < -0.39 is 0 Å². The van der Waals surface area contributed by atoms with Gasteiger partial charge in [-0.05, 0) is 25.2 Å². The number of methoxy groups -OCH3 is 1. The molecule has 0 aliphatic rings. The van der Waals surface area contributed by atoms with Gasteiger partial charge in [-0.1, -0.05) is 13.8 Å². The topological polar surface area (TPSA) is 53.1 Å². The lowest BCUT2D eigenvalue weighted by atomic mass is 10.0. The summed E-state index contributed by atoms with van der Waals surface area (Å²) in [6.07, 6.45) is 6.95. The molecule has 0 aromatic carbocycles. The lowest BCUT2D eigenvalue weighted by Crippen LogP contribution is -2.17. The van der Waals surface area contributed by atoms with E-state index in [4.69, 9.17) is 10.5 Å². The first-order valence-corrected chi connectivity index (χ1v) is 6.39. The van der Waals surface area contributed by atoms with Crippen molar-refractivity contribution >= 4 is 0 Å². The number of hydrogen-bond acceptors (Lipinski definition) is 3. The Morgan fingerprint density at radius 2 is 2.18 bits per heavy atom. The van der Waals surface area contributed by atoms with E-state index in [1.54, 1.807) is 7.11 Å². The van der Waals surface area contributed by atoms with Gasteiger partial charge in [0, 0.05) is 32.5 Å². The van der Waals surface area contributed by atoms with E-state index in [9.17, 15) is 0 Å². The van der Waals surface area contributed by atoms with E-state index in [1.807, 2.05) is 12.5 Å². The molecular weight excluding hydrogens is 214 g/mol. The summed E-state index contributed by atoms with van der Waals surface area (Å²) in [5, 5.41) is 0. The Morgan fingerprint density at radius 3 is 2.82 bits per heavy atom. The van der Waals surface area contributed by atoms with E-state index in [2.05, 4.69) is 23.4 Å². The van der Waals surface area contributed by atoms with Crippen LogP contribution >= 0.6 is 0 Å². The number of hydrogen-bond donors (Lipinski definition) is 1. The fourth-order valence-corrected chi connectivity index (χ4v) is 1.98. The average Bonchev–Trinajstić information content (AvgIpc) is 2.71. The highest BCUT2D eigenvalue weighted by Gasteiger charge is 2.12. The predicted molar refractivity (Wildman–Crippen MR) is 69.7 cm³/mol. The van der Waals surface area contributed by atoms with Crippen LogP contribution in [0.3, 0.4) is 0 Å². The second-order valence-electron chi connectivity index (χ2n) is 4.95. The Kier molecular flexibility index (Phi) is 6.22. The fourth-order valence-electron chi connectivity index (χ4n) is 1.98. The molecule has 0 aliphatic heterocycles. The second-order valence-corrected chi connectivity index (χ2v) is 4.95. The number of nitrogens with two attached hydrogens (primary N) is 1. The molecule has 1 aromatic rings. The van der Waals surface area contributed by atoms with Gasteiger partial charge in [-0.25, -0.2) is 4.98 Å². The predicted octanol–water partition coefficient (Wildman–Crippen LogP) is 2.36. The zero-order valence-corrected chi connectivity index (χ0v) is 11.2.